The van der Waals surface area contributed by atoms with Crippen molar-refractivity contribution in [2.24, 2.45) is 0 Å². The van der Waals surface area contributed by atoms with E-state index in [-0.39, 0.29) is 12.3 Å². The molecule has 2 atom stereocenters. The lowest BCUT2D eigenvalue weighted by atomic mass is 10.3. The van der Waals surface area contributed by atoms with Gasteiger partial charge in [-0.15, -0.1) is 0 Å². The predicted molar refractivity (Wildman–Crippen MR) is 93.1 cm³/mol. The Labute approximate surface area is 142 Å². The van der Waals surface area contributed by atoms with Crippen molar-refractivity contribution in [3.63, 3.8) is 0 Å². The molecule has 0 saturated carbocycles. The van der Waals surface area contributed by atoms with Gasteiger partial charge in [0, 0.05) is 9.99 Å². The molecule has 0 aliphatic carbocycles. The highest BCUT2D eigenvalue weighted by molar-refractivity contribution is 14.1. The Morgan fingerprint density at radius 1 is 1.57 bits per heavy atom. The number of aromatic nitrogens is 2. The summed E-state index contributed by atoms with van der Waals surface area (Å²) >= 11 is 8.20. The van der Waals surface area contributed by atoms with E-state index < -0.39 is 7.60 Å². The second-order valence-electron chi connectivity index (χ2n) is 4.90. The topological polar surface area (TPSA) is 75.2 Å². The molecule has 0 amide bonds. The number of hydrogen-bond donors (Lipinski definition) is 2. The third kappa shape index (κ3) is 4.66. The number of aromatic amines is 1. The number of benzene rings is 1. The van der Waals surface area contributed by atoms with Crippen LogP contribution < -0.4 is 0 Å². The van der Waals surface area contributed by atoms with Gasteiger partial charge in [-0.2, -0.15) is 0 Å². The summed E-state index contributed by atoms with van der Waals surface area (Å²) in [5.41, 5.74) is 1.63. The van der Waals surface area contributed by atoms with E-state index in [9.17, 15) is 9.46 Å². The van der Waals surface area contributed by atoms with Gasteiger partial charge in [-0.05, 0) is 48.1 Å². The van der Waals surface area contributed by atoms with Gasteiger partial charge in [0.05, 0.1) is 28.3 Å². The highest BCUT2D eigenvalue weighted by atomic mass is 127. The first-order chi connectivity index (χ1) is 9.80. The van der Waals surface area contributed by atoms with Crippen molar-refractivity contribution >= 4 is 52.8 Å². The summed E-state index contributed by atoms with van der Waals surface area (Å²) in [6.07, 6.45) is 0.873. The molecule has 0 aliphatic heterocycles. The first-order valence-electron chi connectivity index (χ1n) is 6.64. The molecule has 1 aromatic carbocycles. The fourth-order valence-electron chi connectivity index (χ4n) is 1.83. The summed E-state index contributed by atoms with van der Waals surface area (Å²) < 4.78 is 18.0. The van der Waals surface area contributed by atoms with Crippen molar-refractivity contribution in [3.8, 4) is 0 Å². The second-order valence-corrected chi connectivity index (χ2v) is 8.40. The van der Waals surface area contributed by atoms with E-state index >= 15 is 0 Å². The smallest absolute Gasteiger partial charge is 0.328 e. The van der Waals surface area contributed by atoms with Crippen molar-refractivity contribution in [3.05, 3.63) is 26.5 Å². The molecule has 1 aromatic heterocycles. The monoisotopic (exact) mass is 442 g/mol. The molecule has 0 aliphatic rings. The Balaban J connectivity index is 2.08. The van der Waals surface area contributed by atoms with E-state index in [1.165, 1.54) is 0 Å². The van der Waals surface area contributed by atoms with Gasteiger partial charge in [-0.25, -0.2) is 4.98 Å². The van der Waals surface area contributed by atoms with Crippen LogP contribution in [-0.2, 0) is 15.5 Å². The molecule has 0 saturated heterocycles. The lowest BCUT2D eigenvalue weighted by Crippen LogP contribution is -2.07. The summed E-state index contributed by atoms with van der Waals surface area (Å²) in [5, 5.41) is 0.659. The minimum absolute atomic E-state index is 0.0436. The van der Waals surface area contributed by atoms with Crippen LogP contribution in [0, 0.1) is 3.57 Å². The van der Waals surface area contributed by atoms with Crippen LogP contribution >= 0.6 is 41.8 Å². The molecule has 2 N–H and O–H groups in total. The molecule has 5 nitrogen and oxygen atoms in total. The molecule has 0 radical (unpaired) electrons. The number of imidazole rings is 1. The molecule has 0 spiro atoms. The van der Waals surface area contributed by atoms with Crippen LogP contribution in [-0.4, -0.2) is 27.1 Å². The Morgan fingerprint density at radius 3 is 2.95 bits per heavy atom. The highest BCUT2D eigenvalue weighted by Crippen LogP contribution is 2.44. The molecule has 2 rings (SSSR count). The number of hydrogen-bond acceptors (Lipinski definition) is 3. The summed E-state index contributed by atoms with van der Waals surface area (Å²) in [7, 11) is -3.58. The largest absolute Gasteiger partial charge is 0.342 e. The van der Waals surface area contributed by atoms with Gasteiger partial charge in [0.2, 0.25) is 0 Å². The number of nitrogens with one attached hydrogen (secondary N) is 1. The van der Waals surface area contributed by atoms with Gasteiger partial charge < -0.3 is 14.4 Å². The van der Waals surface area contributed by atoms with Crippen LogP contribution in [0.25, 0.3) is 11.0 Å². The van der Waals surface area contributed by atoms with Crippen molar-refractivity contribution in [2.75, 3.05) is 6.16 Å². The number of rotatable bonds is 6. The highest BCUT2D eigenvalue weighted by Gasteiger charge is 2.22. The van der Waals surface area contributed by atoms with Crippen molar-refractivity contribution < 1.29 is 14.0 Å². The van der Waals surface area contributed by atoms with Gasteiger partial charge in [0.25, 0.3) is 0 Å². The van der Waals surface area contributed by atoms with E-state index in [4.69, 9.17) is 16.1 Å². The number of aryl methyl sites for hydroxylation is 1. The van der Waals surface area contributed by atoms with Gasteiger partial charge >= 0.3 is 7.60 Å². The second kappa shape index (κ2) is 6.96. The molecule has 0 bridgehead atoms. The average Bonchev–Trinajstić information content (AvgIpc) is 2.78. The summed E-state index contributed by atoms with van der Waals surface area (Å²) in [6, 6.07) is 3.69. The summed E-state index contributed by atoms with van der Waals surface area (Å²) in [6.45, 7) is 3.70. The Bertz CT molecular complexity index is 652. The third-order valence-corrected chi connectivity index (χ3v) is 6.13. The lowest BCUT2D eigenvalue weighted by Gasteiger charge is -2.16. The van der Waals surface area contributed by atoms with Gasteiger partial charge in [0.15, 0.2) is 0 Å². The van der Waals surface area contributed by atoms with Crippen LogP contribution in [0.1, 0.15) is 26.1 Å². The Kier molecular flexibility index (Phi) is 5.71. The lowest BCUT2D eigenvalue weighted by molar-refractivity contribution is 0.185. The summed E-state index contributed by atoms with van der Waals surface area (Å²) in [5.74, 6) is 0.657. The minimum atomic E-state index is -3.58. The zero-order valence-corrected chi connectivity index (χ0v) is 15.6. The van der Waals surface area contributed by atoms with Crippen molar-refractivity contribution in [1.29, 1.82) is 0 Å². The molecular formula is C13H17ClIN2O3P. The molecule has 0 fully saturated rings. The van der Waals surface area contributed by atoms with Crippen molar-refractivity contribution in [1.82, 2.24) is 9.97 Å². The quantitative estimate of drug-likeness (QED) is 0.515. The molecule has 1 heterocycles. The van der Waals surface area contributed by atoms with E-state index in [1.807, 2.05) is 19.1 Å². The van der Waals surface area contributed by atoms with Gasteiger partial charge in [0.1, 0.15) is 5.82 Å². The molecule has 116 valence electrons. The van der Waals surface area contributed by atoms with Crippen LogP contribution in [0.3, 0.4) is 0 Å². The number of H-pyrrole nitrogens is 1. The predicted octanol–water partition coefficient (Wildman–Crippen LogP) is 4.36. The van der Waals surface area contributed by atoms with Crippen LogP contribution in [0.2, 0.25) is 5.02 Å². The zero-order chi connectivity index (χ0) is 15.6. The van der Waals surface area contributed by atoms with Crippen LogP contribution in [0.4, 0.5) is 0 Å². The maximum absolute atomic E-state index is 11.9. The standard InChI is InChI=1S/C13H17ClIN2O3P/c1-3-8(2)20-21(18,19)5-4-13-16-11-6-9(14)10(15)7-12(11)17-13/h6-8H,3-5H2,1-2H3,(H,16,17)(H,18,19). The van der Waals surface area contributed by atoms with Crippen LogP contribution in [0.15, 0.2) is 12.1 Å². The first-order valence-corrected chi connectivity index (χ1v) is 9.86. The van der Waals surface area contributed by atoms with E-state index in [0.29, 0.717) is 23.7 Å². The molecule has 2 aromatic rings. The maximum Gasteiger partial charge on any atom is 0.328 e. The number of nitrogens with zero attached hydrogens (tertiary/aromatic N) is 1. The molecule has 8 heteroatoms. The third-order valence-electron chi connectivity index (χ3n) is 3.12. The van der Waals surface area contributed by atoms with Crippen molar-refractivity contribution in [2.45, 2.75) is 32.8 Å². The maximum atomic E-state index is 11.9. The minimum Gasteiger partial charge on any atom is -0.342 e. The normalized spacial score (nSPS) is 16.0. The Morgan fingerprint density at radius 2 is 2.29 bits per heavy atom. The average molecular weight is 443 g/mol. The first kappa shape index (κ1) is 17.2. The Hall–Kier alpha value is -0.140. The van der Waals surface area contributed by atoms with E-state index in [2.05, 4.69) is 32.6 Å². The van der Waals surface area contributed by atoms with E-state index in [0.717, 1.165) is 14.6 Å². The number of fused-ring (bicyclic) bond motifs is 1. The fraction of sp³-hybridized carbons (Fsp3) is 0.462. The molecule has 2 unspecified atom stereocenters. The van der Waals surface area contributed by atoms with E-state index in [1.54, 1.807) is 6.92 Å². The molecular weight excluding hydrogens is 425 g/mol. The zero-order valence-electron chi connectivity index (χ0n) is 11.8. The number of halogens is 2. The van der Waals surface area contributed by atoms with Gasteiger partial charge in [-0.3, -0.25) is 4.57 Å². The summed E-state index contributed by atoms with van der Waals surface area (Å²) in [4.78, 5) is 17.3. The van der Waals surface area contributed by atoms with Crippen LogP contribution in [0.5, 0.6) is 0 Å². The molecule has 21 heavy (non-hydrogen) atoms. The fourth-order valence-corrected chi connectivity index (χ4v) is 3.76. The van der Waals surface area contributed by atoms with Gasteiger partial charge in [-0.1, -0.05) is 18.5 Å². The SMILES string of the molecule is CCC(C)OP(=O)(O)CCc1nc2cc(I)c(Cl)cc2[nH]1.